The molecule has 0 radical (unpaired) electrons. The Kier molecular flexibility index (Phi) is 11.8. The van der Waals surface area contributed by atoms with Gasteiger partial charge in [-0.2, -0.15) is 12.7 Å². The standard InChI is InChI=1S/C35H48N4O8S/c1-23(33(41)42)46-29-17-11-10-16-27(29)31-30(24-14-8-7-9-15-24)26-19-18-25(22-28(26)39(31)6)32(40)37-48(44,45)38(5)21-13-12-20-36-34(43)47-35(2,3)4/h10-11,16-19,22-24H,7-9,12-15,20-21H2,1-6H3,(H,36,43)(H,37,40)(H,41,42). The van der Waals surface area contributed by atoms with Crippen LogP contribution in [0, 0.1) is 0 Å². The van der Waals surface area contributed by atoms with Crippen LogP contribution in [-0.2, 0) is 26.8 Å². The van der Waals surface area contributed by atoms with E-state index >= 15 is 0 Å². The lowest BCUT2D eigenvalue weighted by Crippen LogP contribution is -2.42. The normalized spacial score (nSPS) is 14.9. The molecule has 262 valence electrons. The van der Waals surface area contributed by atoms with E-state index in [0.717, 1.165) is 57.7 Å². The average molecular weight is 685 g/mol. The summed E-state index contributed by atoms with van der Waals surface area (Å²) in [7, 11) is -0.848. The van der Waals surface area contributed by atoms with Crippen molar-refractivity contribution in [3.05, 3.63) is 53.6 Å². The van der Waals surface area contributed by atoms with Crippen molar-refractivity contribution >= 4 is 39.1 Å². The lowest BCUT2D eigenvalue weighted by molar-refractivity contribution is -0.144. The van der Waals surface area contributed by atoms with Crippen LogP contribution in [0.2, 0.25) is 0 Å². The summed E-state index contributed by atoms with van der Waals surface area (Å²) in [5, 5.41) is 13.1. The van der Waals surface area contributed by atoms with Gasteiger partial charge in [0.05, 0.1) is 5.69 Å². The number of amides is 2. The van der Waals surface area contributed by atoms with Gasteiger partial charge in [-0.3, -0.25) is 4.79 Å². The third kappa shape index (κ3) is 9.07. The van der Waals surface area contributed by atoms with Gasteiger partial charge in [0, 0.05) is 49.2 Å². The molecular weight excluding hydrogens is 636 g/mol. The number of nitrogens with zero attached hydrogens (tertiary/aromatic N) is 2. The third-order valence-electron chi connectivity index (χ3n) is 8.51. The van der Waals surface area contributed by atoms with E-state index in [1.54, 1.807) is 45.0 Å². The first-order valence-electron chi connectivity index (χ1n) is 16.5. The molecule has 0 aliphatic heterocycles. The molecule has 3 N–H and O–H groups in total. The Labute approximate surface area is 283 Å². The molecule has 1 unspecified atom stereocenters. The number of aromatic nitrogens is 1. The second-order valence-corrected chi connectivity index (χ2v) is 15.2. The summed E-state index contributed by atoms with van der Waals surface area (Å²) in [5.74, 6) is -1.12. The molecule has 1 heterocycles. The van der Waals surface area contributed by atoms with Gasteiger partial charge in [-0.05, 0) is 89.1 Å². The van der Waals surface area contributed by atoms with Crippen LogP contribution < -0.4 is 14.8 Å². The average Bonchev–Trinajstić information content (AvgIpc) is 3.31. The number of nitrogens with one attached hydrogen (secondary N) is 2. The maximum Gasteiger partial charge on any atom is 0.407 e. The maximum atomic E-state index is 13.3. The van der Waals surface area contributed by atoms with Crippen molar-refractivity contribution in [2.45, 2.75) is 90.3 Å². The van der Waals surface area contributed by atoms with Crippen molar-refractivity contribution in [1.82, 2.24) is 18.9 Å². The number of hydrogen-bond donors (Lipinski definition) is 3. The zero-order chi connectivity index (χ0) is 35.2. The summed E-state index contributed by atoms with van der Waals surface area (Å²) < 4.78 is 42.4. The van der Waals surface area contributed by atoms with Gasteiger partial charge in [0.25, 0.3) is 5.91 Å². The first-order chi connectivity index (χ1) is 22.6. The largest absolute Gasteiger partial charge is 0.479 e. The highest BCUT2D eigenvalue weighted by Crippen LogP contribution is 2.46. The number of carboxylic acids is 1. The van der Waals surface area contributed by atoms with E-state index in [1.807, 2.05) is 29.8 Å². The highest BCUT2D eigenvalue weighted by Gasteiger charge is 2.29. The number of rotatable bonds is 13. The number of para-hydroxylation sites is 1. The predicted octanol–water partition coefficient (Wildman–Crippen LogP) is 5.96. The molecule has 1 saturated carbocycles. The number of hydrogen-bond acceptors (Lipinski definition) is 7. The molecule has 48 heavy (non-hydrogen) atoms. The van der Waals surface area contributed by atoms with Gasteiger partial charge in [-0.1, -0.05) is 37.5 Å². The molecule has 1 aliphatic rings. The van der Waals surface area contributed by atoms with Gasteiger partial charge >= 0.3 is 22.3 Å². The molecular formula is C35H48N4O8S. The summed E-state index contributed by atoms with van der Waals surface area (Å²) >= 11 is 0. The molecule has 0 spiro atoms. The first-order valence-corrected chi connectivity index (χ1v) is 17.9. The van der Waals surface area contributed by atoms with Crippen LogP contribution in [0.3, 0.4) is 0 Å². The number of fused-ring (bicyclic) bond motifs is 1. The third-order valence-corrected chi connectivity index (χ3v) is 9.96. The molecule has 13 heteroatoms. The number of aryl methyl sites for hydroxylation is 1. The van der Waals surface area contributed by atoms with Crippen LogP contribution in [0.25, 0.3) is 22.2 Å². The Morgan fingerprint density at radius 3 is 2.42 bits per heavy atom. The lowest BCUT2D eigenvalue weighted by atomic mass is 9.81. The Balaban J connectivity index is 1.55. The van der Waals surface area contributed by atoms with Crippen molar-refractivity contribution in [2.24, 2.45) is 7.05 Å². The fourth-order valence-corrected chi connectivity index (χ4v) is 6.96. The second kappa shape index (κ2) is 15.4. The molecule has 1 atom stereocenters. The smallest absolute Gasteiger partial charge is 0.407 e. The molecule has 1 aliphatic carbocycles. The van der Waals surface area contributed by atoms with Gasteiger partial charge in [-0.15, -0.1) is 0 Å². The highest BCUT2D eigenvalue weighted by molar-refractivity contribution is 7.87. The van der Waals surface area contributed by atoms with Crippen LogP contribution in [0.1, 0.15) is 94.5 Å². The summed E-state index contributed by atoms with van der Waals surface area (Å²) in [4.78, 5) is 36.8. The van der Waals surface area contributed by atoms with Gasteiger partial charge in [0.1, 0.15) is 11.4 Å². The lowest BCUT2D eigenvalue weighted by Gasteiger charge is -2.24. The molecule has 2 amide bonds. The van der Waals surface area contributed by atoms with E-state index in [4.69, 9.17) is 9.47 Å². The Hall–Kier alpha value is -4.10. The van der Waals surface area contributed by atoms with Crippen molar-refractivity contribution < 1.29 is 37.4 Å². The summed E-state index contributed by atoms with van der Waals surface area (Å²) in [6.45, 7) is 7.27. The van der Waals surface area contributed by atoms with Gasteiger partial charge in [0.15, 0.2) is 6.10 Å². The number of ether oxygens (including phenoxy) is 2. The molecule has 0 saturated heterocycles. The minimum atomic E-state index is -4.14. The fraction of sp³-hybridized carbons (Fsp3) is 0.514. The number of carbonyl (C=O) groups is 3. The summed E-state index contributed by atoms with van der Waals surface area (Å²) in [6, 6.07) is 12.6. The van der Waals surface area contributed by atoms with Crippen molar-refractivity contribution in [1.29, 1.82) is 0 Å². The Bertz CT molecular complexity index is 1740. The summed E-state index contributed by atoms with van der Waals surface area (Å²) in [5.41, 5.74) is 3.09. The van der Waals surface area contributed by atoms with E-state index in [2.05, 4.69) is 10.0 Å². The number of aliphatic carboxylic acids is 1. The maximum absolute atomic E-state index is 13.3. The molecule has 12 nitrogen and oxygen atoms in total. The topological polar surface area (TPSA) is 156 Å². The zero-order valence-corrected chi connectivity index (χ0v) is 29.5. The Morgan fingerprint density at radius 1 is 1.06 bits per heavy atom. The van der Waals surface area contributed by atoms with Crippen LogP contribution >= 0.6 is 0 Å². The van der Waals surface area contributed by atoms with Crippen molar-refractivity contribution in [2.75, 3.05) is 20.1 Å². The van der Waals surface area contributed by atoms with Crippen molar-refractivity contribution in [3.63, 3.8) is 0 Å². The highest BCUT2D eigenvalue weighted by atomic mass is 32.2. The van der Waals surface area contributed by atoms with Gasteiger partial charge in [-0.25, -0.2) is 14.3 Å². The number of benzene rings is 2. The number of carboxylic acid groups (broad SMARTS) is 1. The first kappa shape index (κ1) is 36.7. The van der Waals surface area contributed by atoms with E-state index < -0.39 is 39.9 Å². The van der Waals surface area contributed by atoms with Crippen LogP contribution in [0.5, 0.6) is 5.75 Å². The SMILES string of the molecule is CC(Oc1ccccc1-c1c(C2CCCCC2)c2ccc(C(=O)NS(=O)(=O)N(C)CCCCNC(=O)OC(C)(C)C)cc2n1C)C(=O)O. The molecule has 3 aromatic rings. The zero-order valence-electron chi connectivity index (χ0n) is 28.7. The van der Waals surface area contributed by atoms with E-state index in [-0.39, 0.29) is 18.0 Å². The number of carbonyl (C=O) groups excluding carboxylic acids is 2. The molecule has 1 aromatic heterocycles. The predicted molar refractivity (Wildman–Crippen MR) is 184 cm³/mol. The van der Waals surface area contributed by atoms with Gasteiger partial charge in [0.2, 0.25) is 0 Å². The van der Waals surface area contributed by atoms with Crippen LogP contribution in [0.4, 0.5) is 4.79 Å². The minimum Gasteiger partial charge on any atom is -0.479 e. The van der Waals surface area contributed by atoms with Crippen LogP contribution in [0.15, 0.2) is 42.5 Å². The van der Waals surface area contributed by atoms with Gasteiger partial charge < -0.3 is 24.5 Å². The van der Waals surface area contributed by atoms with E-state index in [9.17, 15) is 27.9 Å². The second-order valence-electron chi connectivity index (χ2n) is 13.4. The fourth-order valence-electron chi connectivity index (χ4n) is 6.08. The van der Waals surface area contributed by atoms with Crippen molar-refractivity contribution in [3.8, 4) is 17.0 Å². The number of alkyl carbamates (subject to hydrolysis) is 1. The molecule has 1 fully saturated rings. The molecule has 2 aromatic carbocycles. The van der Waals surface area contributed by atoms with Crippen LogP contribution in [-0.4, -0.2) is 72.2 Å². The molecule has 4 rings (SSSR count). The quantitative estimate of drug-likeness (QED) is 0.186. The Morgan fingerprint density at radius 2 is 1.75 bits per heavy atom. The monoisotopic (exact) mass is 684 g/mol. The number of unbranched alkanes of at least 4 members (excludes halogenated alkanes) is 1. The summed E-state index contributed by atoms with van der Waals surface area (Å²) in [6.07, 6.45) is 4.77. The minimum absolute atomic E-state index is 0.144. The van der Waals surface area contributed by atoms with E-state index in [0.29, 0.717) is 25.1 Å². The van der Waals surface area contributed by atoms with E-state index in [1.165, 1.54) is 20.4 Å². The molecule has 0 bridgehead atoms.